The average Bonchev–Trinajstić information content (AvgIpc) is 2.96. The number of amides is 1. The zero-order valence-corrected chi connectivity index (χ0v) is 13.8. The molecule has 2 heterocycles. The first-order valence-electron chi connectivity index (χ1n) is 7.82. The number of carbonyl (C=O) groups excluding carboxylic acids is 1. The van der Waals surface area contributed by atoms with Gasteiger partial charge in [-0.3, -0.25) is 9.88 Å². The van der Waals surface area contributed by atoms with E-state index < -0.39 is 12.2 Å². The van der Waals surface area contributed by atoms with Crippen LogP contribution in [0.3, 0.4) is 0 Å². The van der Waals surface area contributed by atoms with E-state index >= 15 is 0 Å². The Morgan fingerprint density at radius 2 is 2.21 bits per heavy atom. The fourth-order valence-electron chi connectivity index (χ4n) is 2.95. The van der Waals surface area contributed by atoms with Crippen LogP contribution in [-0.4, -0.2) is 35.4 Å². The van der Waals surface area contributed by atoms with Gasteiger partial charge in [0.1, 0.15) is 6.10 Å². The Balaban J connectivity index is 2.04. The number of aliphatic hydroxyl groups excluding tert-OH is 1. The number of rotatable bonds is 4. The van der Waals surface area contributed by atoms with Crippen LogP contribution in [-0.2, 0) is 4.74 Å². The van der Waals surface area contributed by atoms with E-state index in [-0.39, 0.29) is 6.61 Å². The number of carbonyl (C=O) groups is 1. The molecule has 1 N–H and O–H groups in total. The molecule has 1 aliphatic rings. The van der Waals surface area contributed by atoms with Crippen LogP contribution in [0.5, 0.6) is 0 Å². The van der Waals surface area contributed by atoms with Gasteiger partial charge in [-0.1, -0.05) is 18.7 Å². The van der Waals surface area contributed by atoms with Crippen molar-refractivity contribution in [3.05, 3.63) is 53.9 Å². The van der Waals surface area contributed by atoms with Gasteiger partial charge in [-0.25, -0.2) is 4.79 Å². The zero-order valence-electron chi connectivity index (χ0n) is 13.8. The number of aliphatic hydroxyl groups is 1. The largest absolute Gasteiger partial charge is 0.441 e. The van der Waals surface area contributed by atoms with Crippen LogP contribution in [0, 0.1) is 13.8 Å². The molecule has 0 spiro atoms. The van der Waals surface area contributed by atoms with Crippen molar-refractivity contribution in [1.82, 2.24) is 4.98 Å². The minimum atomic E-state index is -0.481. The predicted octanol–water partition coefficient (Wildman–Crippen LogP) is 3.33. The lowest BCUT2D eigenvalue weighted by molar-refractivity contribution is 0.0963. The molecule has 0 aliphatic carbocycles. The molecule has 5 heteroatoms. The molecule has 1 saturated heterocycles. The van der Waals surface area contributed by atoms with E-state index in [9.17, 15) is 9.90 Å². The standard InChI is InChI=1S/C19H20N2O3/c1-4-14-8-16(21-10-17(11-22)24-19(21)23)7-12(2)18(14)15-6-5-13(3)20-9-15/h4-9,17,22H,1,10-11H2,2-3H3. The van der Waals surface area contributed by atoms with Gasteiger partial charge < -0.3 is 9.84 Å². The highest BCUT2D eigenvalue weighted by molar-refractivity contribution is 5.92. The molecule has 0 bridgehead atoms. The van der Waals surface area contributed by atoms with Gasteiger partial charge in [-0.05, 0) is 48.7 Å². The fraction of sp³-hybridized carbons (Fsp3) is 0.263. The van der Waals surface area contributed by atoms with E-state index in [1.807, 2.05) is 44.3 Å². The van der Waals surface area contributed by atoms with Crippen molar-refractivity contribution in [2.75, 3.05) is 18.1 Å². The van der Waals surface area contributed by atoms with Crippen molar-refractivity contribution in [2.45, 2.75) is 20.0 Å². The second-order valence-electron chi connectivity index (χ2n) is 5.92. The first-order chi connectivity index (χ1) is 11.5. The Morgan fingerprint density at radius 3 is 2.79 bits per heavy atom. The molecular weight excluding hydrogens is 304 g/mol. The summed E-state index contributed by atoms with van der Waals surface area (Å²) in [6.45, 7) is 8.01. The van der Waals surface area contributed by atoms with Crippen molar-refractivity contribution in [3.63, 3.8) is 0 Å². The molecule has 124 valence electrons. The van der Waals surface area contributed by atoms with Crippen LogP contribution in [0.4, 0.5) is 10.5 Å². The maximum Gasteiger partial charge on any atom is 0.414 e. The molecule has 24 heavy (non-hydrogen) atoms. The number of anilines is 1. The SMILES string of the molecule is C=Cc1cc(N2CC(CO)OC2=O)cc(C)c1-c1ccc(C)nc1. The second-order valence-corrected chi connectivity index (χ2v) is 5.92. The average molecular weight is 324 g/mol. The van der Waals surface area contributed by atoms with E-state index in [4.69, 9.17) is 4.74 Å². The van der Waals surface area contributed by atoms with Crippen LogP contribution in [0.15, 0.2) is 37.0 Å². The Morgan fingerprint density at radius 1 is 1.42 bits per heavy atom. The van der Waals surface area contributed by atoms with E-state index in [0.29, 0.717) is 6.54 Å². The number of cyclic esters (lactones) is 1. The maximum atomic E-state index is 12.0. The molecule has 5 nitrogen and oxygen atoms in total. The van der Waals surface area contributed by atoms with Crippen molar-refractivity contribution >= 4 is 17.9 Å². The van der Waals surface area contributed by atoms with Gasteiger partial charge in [0.2, 0.25) is 0 Å². The van der Waals surface area contributed by atoms with Crippen molar-refractivity contribution < 1.29 is 14.6 Å². The Bertz CT molecular complexity index is 784. The zero-order chi connectivity index (χ0) is 17.3. The lowest BCUT2D eigenvalue weighted by atomic mass is 9.95. The van der Waals surface area contributed by atoms with Gasteiger partial charge in [-0.2, -0.15) is 0 Å². The molecule has 1 aliphatic heterocycles. The monoisotopic (exact) mass is 324 g/mol. The molecule has 1 atom stereocenters. The number of hydrogen-bond donors (Lipinski definition) is 1. The summed E-state index contributed by atoms with van der Waals surface area (Å²) in [4.78, 5) is 17.9. The Labute approximate surface area is 141 Å². The smallest absolute Gasteiger partial charge is 0.414 e. The highest BCUT2D eigenvalue weighted by Crippen LogP contribution is 2.33. The summed E-state index contributed by atoms with van der Waals surface area (Å²) in [5, 5.41) is 9.19. The summed E-state index contributed by atoms with van der Waals surface area (Å²) in [6.07, 6.45) is 2.70. The second kappa shape index (κ2) is 6.45. The number of aromatic nitrogens is 1. The summed E-state index contributed by atoms with van der Waals surface area (Å²) in [7, 11) is 0. The number of benzene rings is 1. The first-order valence-corrected chi connectivity index (χ1v) is 7.82. The third kappa shape index (κ3) is 2.90. The predicted molar refractivity (Wildman–Crippen MR) is 93.9 cm³/mol. The minimum absolute atomic E-state index is 0.178. The van der Waals surface area contributed by atoms with Gasteiger partial charge in [0.25, 0.3) is 0 Å². The van der Waals surface area contributed by atoms with Crippen LogP contribution < -0.4 is 4.90 Å². The molecule has 1 fully saturated rings. The van der Waals surface area contributed by atoms with Gasteiger partial charge in [0, 0.05) is 23.1 Å². The molecule has 1 amide bonds. The quantitative estimate of drug-likeness (QED) is 0.937. The maximum absolute atomic E-state index is 12.0. The van der Waals surface area contributed by atoms with Gasteiger partial charge in [0.15, 0.2) is 0 Å². The van der Waals surface area contributed by atoms with Gasteiger partial charge >= 0.3 is 6.09 Å². The third-order valence-corrected chi connectivity index (χ3v) is 4.16. The summed E-state index contributed by atoms with van der Waals surface area (Å²) in [5.41, 5.74) is 5.71. The van der Waals surface area contributed by atoms with Crippen LogP contribution in [0.2, 0.25) is 0 Å². The fourth-order valence-corrected chi connectivity index (χ4v) is 2.95. The lowest BCUT2D eigenvalue weighted by Crippen LogP contribution is -2.25. The number of nitrogens with zero attached hydrogens (tertiary/aromatic N) is 2. The molecule has 0 saturated carbocycles. The lowest BCUT2D eigenvalue weighted by Gasteiger charge is -2.18. The van der Waals surface area contributed by atoms with Crippen molar-refractivity contribution in [3.8, 4) is 11.1 Å². The summed E-state index contributed by atoms with van der Waals surface area (Å²) < 4.78 is 5.12. The Kier molecular flexibility index (Phi) is 4.36. The van der Waals surface area contributed by atoms with Gasteiger partial charge in [0.05, 0.1) is 13.2 Å². The number of pyridine rings is 1. The van der Waals surface area contributed by atoms with Gasteiger partial charge in [-0.15, -0.1) is 0 Å². The molecule has 1 aromatic heterocycles. The first kappa shape index (κ1) is 16.2. The normalized spacial score (nSPS) is 17.0. The van der Waals surface area contributed by atoms with E-state index in [0.717, 1.165) is 33.6 Å². The summed E-state index contributed by atoms with van der Waals surface area (Å²) in [5.74, 6) is 0. The molecular formula is C19H20N2O3. The molecule has 0 radical (unpaired) electrons. The van der Waals surface area contributed by atoms with E-state index in [1.165, 1.54) is 4.90 Å². The van der Waals surface area contributed by atoms with Crippen LogP contribution in [0.25, 0.3) is 17.2 Å². The van der Waals surface area contributed by atoms with E-state index in [2.05, 4.69) is 11.6 Å². The highest BCUT2D eigenvalue weighted by Gasteiger charge is 2.32. The highest BCUT2D eigenvalue weighted by atomic mass is 16.6. The van der Waals surface area contributed by atoms with Crippen LogP contribution >= 0.6 is 0 Å². The van der Waals surface area contributed by atoms with E-state index in [1.54, 1.807) is 6.08 Å². The number of ether oxygens (including phenoxy) is 1. The van der Waals surface area contributed by atoms with Crippen molar-refractivity contribution in [2.24, 2.45) is 0 Å². The molecule has 1 aromatic carbocycles. The Hall–Kier alpha value is -2.66. The number of aryl methyl sites for hydroxylation is 2. The molecule has 2 aromatic rings. The third-order valence-electron chi connectivity index (χ3n) is 4.16. The van der Waals surface area contributed by atoms with Crippen LogP contribution in [0.1, 0.15) is 16.8 Å². The minimum Gasteiger partial charge on any atom is -0.441 e. The number of hydrogen-bond acceptors (Lipinski definition) is 4. The topological polar surface area (TPSA) is 62.7 Å². The van der Waals surface area contributed by atoms with Crippen molar-refractivity contribution in [1.29, 1.82) is 0 Å². The molecule has 3 rings (SSSR count). The summed E-state index contributed by atoms with van der Waals surface area (Å²) in [6, 6.07) is 7.86. The molecule has 1 unspecified atom stereocenters. The summed E-state index contributed by atoms with van der Waals surface area (Å²) >= 11 is 0.